The van der Waals surface area contributed by atoms with Gasteiger partial charge in [-0.15, -0.1) is 0 Å². The van der Waals surface area contributed by atoms with E-state index in [0.717, 1.165) is 36.8 Å². The molecule has 0 radical (unpaired) electrons. The molecule has 0 aromatic heterocycles. The van der Waals surface area contributed by atoms with Gasteiger partial charge < -0.3 is 15.1 Å². The summed E-state index contributed by atoms with van der Waals surface area (Å²) in [5, 5.41) is 21.4. The minimum atomic E-state index is -6.86. The lowest BCUT2D eigenvalue weighted by Crippen LogP contribution is -2.60. The lowest BCUT2D eigenvalue weighted by atomic mass is 9.50. The summed E-state index contributed by atoms with van der Waals surface area (Å²) in [6, 6.07) is 5.16. The topological polar surface area (TPSA) is 43.7 Å². The van der Waals surface area contributed by atoms with Gasteiger partial charge in [0, 0.05) is 17.8 Å². The summed E-state index contributed by atoms with van der Waals surface area (Å²) < 4.78 is 133. The third-order valence-electron chi connectivity index (χ3n) is 11.5. The largest absolute Gasteiger partial charge is 0.508 e. The van der Waals surface area contributed by atoms with Crippen LogP contribution in [0.15, 0.2) is 18.2 Å². The Morgan fingerprint density at radius 1 is 0.891 bits per heavy atom. The van der Waals surface area contributed by atoms with E-state index in [1.165, 1.54) is 0 Å². The number of rotatable bonds is 13. The molecule has 3 aliphatic carbocycles. The maximum Gasteiger partial charge on any atom is 0.460 e. The quantitative estimate of drug-likeness (QED) is 0.162. The molecular formula is C33H45F10NO2. The zero-order valence-electron chi connectivity index (χ0n) is 26.4. The lowest BCUT2D eigenvalue weighted by molar-refractivity contribution is -0.396. The number of unbranched alkanes of at least 4 members (excludes halogenated alkanes) is 3. The molecule has 1 aromatic carbocycles. The Morgan fingerprint density at radius 2 is 1.52 bits per heavy atom. The Labute approximate surface area is 263 Å². The SMILES string of the molecule is CN(CCCCC[C@@H]1Cc2cc(O)ccc2[C@@H]2[C@@H]1[C@@H]1CC[C@](C)(O)[C@@]1(C)C[C@@H]2F)CCCCC(F)(F)C(F)(F)C(F)(F)C(F)(F)F. The second-order valence-corrected chi connectivity index (χ2v) is 14.5. The molecule has 4 rings (SSSR count). The van der Waals surface area contributed by atoms with Crippen LogP contribution in [0.25, 0.3) is 0 Å². The van der Waals surface area contributed by atoms with Crippen LogP contribution in [-0.2, 0) is 6.42 Å². The van der Waals surface area contributed by atoms with E-state index >= 15 is 4.39 Å². The number of aliphatic hydroxyl groups is 1. The average Bonchev–Trinajstić information content (AvgIpc) is 3.17. The second kappa shape index (κ2) is 12.9. The zero-order valence-corrected chi connectivity index (χ0v) is 26.4. The predicted molar refractivity (Wildman–Crippen MR) is 153 cm³/mol. The van der Waals surface area contributed by atoms with E-state index in [2.05, 4.69) is 0 Å². The summed E-state index contributed by atoms with van der Waals surface area (Å²) in [6.45, 7) is 4.52. The highest BCUT2D eigenvalue weighted by Gasteiger charge is 2.81. The van der Waals surface area contributed by atoms with Crippen molar-refractivity contribution in [3.05, 3.63) is 29.3 Å². The fraction of sp³-hybridized carbons (Fsp3) is 0.818. The molecule has 0 amide bonds. The van der Waals surface area contributed by atoms with Crippen molar-refractivity contribution in [1.82, 2.24) is 4.90 Å². The van der Waals surface area contributed by atoms with Crippen molar-refractivity contribution in [3.8, 4) is 5.75 Å². The van der Waals surface area contributed by atoms with Crippen LogP contribution in [0.4, 0.5) is 43.9 Å². The molecule has 0 heterocycles. The number of hydrogen-bond acceptors (Lipinski definition) is 3. The minimum Gasteiger partial charge on any atom is -0.508 e. The van der Waals surface area contributed by atoms with Crippen LogP contribution in [0.1, 0.15) is 95.1 Å². The molecule has 46 heavy (non-hydrogen) atoms. The van der Waals surface area contributed by atoms with Gasteiger partial charge in [-0.1, -0.05) is 25.8 Å². The van der Waals surface area contributed by atoms with Crippen LogP contribution < -0.4 is 0 Å². The van der Waals surface area contributed by atoms with Crippen molar-refractivity contribution in [2.45, 2.75) is 126 Å². The molecule has 3 aliphatic rings. The first-order chi connectivity index (χ1) is 21.1. The number of aromatic hydroxyl groups is 1. The fourth-order valence-corrected chi connectivity index (χ4v) is 8.65. The Bertz CT molecular complexity index is 1210. The Morgan fingerprint density at radius 3 is 2.15 bits per heavy atom. The van der Waals surface area contributed by atoms with Crippen molar-refractivity contribution in [2.24, 2.45) is 23.2 Å². The molecular weight excluding hydrogens is 632 g/mol. The molecule has 0 aliphatic heterocycles. The number of phenols is 1. The number of phenolic OH excluding ortho intramolecular Hbond substituents is 1. The summed E-state index contributed by atoms with van der Waals surface area (Å²) in [5.41, 5.74) is 0.398. The summed E-state index contributed by atoms with van der Waals surface area (Å²) in [7, 11) is 1.68. The number of nitrogens with zero attached hydrogens (tertiary/aromatic N) is 1. The number of halogens is 10. The van der Waals surface area contributed by atoms with Crippen molar-refractivity contribution < 1.29 is 54.1 Å². The van der Waals surface area contributed by atoms with E-state index in [0.29, 0.717) is 25.8 Å². The highest BCUT2D eigenvalue weighted by molar-refractivity contribution is 5.41. The molecule has 3 nitrogen and oxygen atoms in total. The first kappa shape index (κ1) is 37.1. The molecule has 0 spiro atoms. The van der Waals surface area contributed by atoms with Gasteiger partial charge in [0.15, 0.2) is 0 Å². The standard InChI is InChI=1S/C33H45F10NO2/c1-28-19-25(34)27-23-11-10-22(45)18-21(23)17-20(26(27)24(28)12-14-29(28,2)46)9-5-4-7-15-44(3)16-8-6-13-30(35,36)31(37,38)32(39,40)33(41,42)43/h10-11,18,20,24-27,45-46H,4-9,12-17,19H2,1-3H3/t20-,24+,25+,26+,27+,28+,29+/m1/s1. The van der Waals surface area contributed by atoms with E-state index < -0.39 is 54.0 Å². The molecule has 2 fully saturated rings. The van der Waals surface area contributed by atoms with Gasteiger partial charge in [-0.3, -0.25) is 0 Å². The lowest BCUT2D eigenvalue weighted by Gasteiger charge is -2.56. The average molecular weight is 678 g/mol. The van der Waals surface area contributed by atoms with Gasteiger partial charge in [-0.2, -0.15) is 39.5 Å². The first-order valence-corrected chi connectivity index (χ1v) is 16.1. The zero-order chi connectivity index (χ0) is 34.5. The van der Waals surface area contributed by atoms with E-state index in [1.807, 2.05) is 19.9 Å². The van der Waals surface area contributed by atoms with Crippen LogP contribution >= 0.6 is 0 Å². The maximum absolute atomic E-state index is 16.0. The number of fused-ring (bicyclic) bond motifs is 5. The van der Waals surface area contributed by atoms with Gasteiger partial charge in [0.25, 0.3) is 0 Å². The summed E-state index contributed by atoms with van der Waals surface area (Å²) >= 11 is 0. The monoisotopic (exact) mass is 677 g/mol. The van der Waals surface area contributed by atoms with E-state index in [-0.39, 0.29) is 48.8 Å². The highest BCUT2D eigenvalue weighted by atomic mass is 19.4. The third kappa shape index (κ3) is 6.61. The molecule has 1 aromatic rings. The molecule has 264 valence electrons. The molecule has 0 saturated heterocycles. The van der Waals surface area contributed by atoms with Crippen LogP contribution in [0, 0.1) is 23.2 Å². The maximum atomic E-state index is 16.0. The molecule has 7 atom stereocenters. The Kier molecular flexibility index (Phi) is 10.4. The normalized spacial score (nSPS) is 31.9. The second-order valence-electron chi connectivity index (χ2n) is 14.5. The van der Waals surface area contributed by atoms with Gasteiger partial charge >= 0.3 is 23.9 Å². The van der Waals surface area contributed by atoms with Gasteiger partial charge in [0.2, 0.25) is 0 Å². The molecule has 0 bridgehead atoms. The third-order valence-corrected chi connectivity index (χ3v) is 11.5. The van der Waals surface area contributed by atoms with Crippen LogP contribution in [0.5, 0.6) is 5.75 Å². The summed E-state index contributed by atoms with van der Waals surface area (Å²) in [4.78, 5) is 1.76. The van der Waals surface area contributed by atoms with Gasteiger partial charge in [-0.05, 0) is 119 Å². The van der Waals surface area contributed by atoms with E-state index in [9.17, 15) is 49.7 Å². The first-order valence-electron chi connectivity index (χ1n) is 16.1. The molecule has 13 heteroatoms. The van der Waals surface area contributed by atoms with Crippen LogP contribution in [0.2, 0.25) is 0 Å². The van der Waals surface area contributed by atoms with Crippen molar-refractivity contribution >= 4 is 0 Å². The minimum absolute atomic E-state index is 0.0454. The smallest absolute Gasteiger partial charge is 0.460 e. The van der Waals surface area contributed by atoms with E-state index in [4.69, 9.17) is 0 Å². The Balaban J connectivity index is 1.27. The number of alkyl halides is 10. The van der Waals surface area contributed by atoms with Crippen molar-refractivity contribution in [1.29, 1.82) is 0 Å². The molecule has 2 saturated carbocycles. The number of hydrogen-bond donors (Lipinski definition) is 2. The van der Waals surface area contributed by atoms with E-state index in [1.54, 1.807) is 24.1 Å². The number of benzene rings is 1. The summed E-state index contributed by atoms with van der Waals surface area (Å²) in [5.74, 6) is -18.8. The molecule has 2 N–H and O–H groups in total. The highest BCUT2D eigenvalue weighted by Crippen LogP contribution is 2.66. The van der Waals surface area contributed by atoms with Crippen LogP contribution in [0.3, 0.4) is 0 Å². The van der Waals surface area contributed by atoms with Gasteiger partial charge in [-0.25, -0.2) is 4.39 Å². The predicted octanol–water partition coefficient (Wildman–Crippen LogP) is 9.30. The summed E-state index contributed by atoms with van der Waals surface area (Å²) in [6.07, 6.45) is -4.94. The fourth-order valence-electron chi connectivity index (χ4n) is 8.65. The van der Waals surface area contributed by atoms with Gasteiger partial charge in [0.05, 0.1) is 5.60 Å². The van der Waals surface area contributed by atoms with Crippen molar-refractivity contribution in [2.75, 3.05) is 20.1 Å². The van der Waals surface area contributed by atoms with Crippen molar-refractivity contribution in [3.63, 3.8) is 0 Å². The Hall–Kier alpha value is -1.76. The van der Waals surface area contributed by atoms with Gasteiger partial charge in [0.1, 0.15) is 11.9 Å². The molecule has 0 unspecified atom stereocenters. The van der Waals surface area contributed by atoms with Crippen LogP contribution in [-0.4, -0.2) is 71.0 Å².